The first kappa shape index (κ1) is 22.3. The SMILES string of the molecule is NC(=O)NCc1ccc(NC(=O)/C=C2\CC(OC(=O)O)Nc3cc(Cl)cc(Cl)c32)cc1. The number of amides is 3. The minimum Gasteiger partial charge on any atom is -0.450 e. The molecule has 0 aromatic heterocycles. The standard InChI is InChI=1S/C20H18Cl2N4O5/c21-12-7-14(22)18-11(6-17(31-20(29)30)26-15(18)8-12)5-16(27)25-13-3-1-10(2-4-13)9-24-19(23)28/h1-5,7-8,17,26H,6,9H2,(H,25,27)(H,29,30)(H3,23,24,28)/b11-5+. The molecule has 0 aliphatic carbocycles. The van der Waals surface area contributed by atoms with E-state index in [1.165, 1.54) is 12.1 Å². The molecule has 2 aromatic carbocycles. The largest absolute Gasteiger partial charge is 0.507 e. The Bertz CT molecular complexity index is 1060. The van der Waals surface area contributed by atoms with E-state index < -0.39 is 24.3 Å². The second-order valence-corrected chi connectivity index (χ2v) is 7.45. The summed E-state index contributed by atoms with van der Waals surface area (Å²) in [5, 5.41) is 17.7. The van der Waals surface area contributed by atoms with Gasteiger partial charge in [0, 0.05) is 41.0 Å². The van der Waals surface area contributed by atoms with Crippen molar-refractivity contribution in [3.05, 3.63) is 63.6 Å². The lowest BCUT2D eigenvalue weighted by atomic mass is 9.95. The number of hydrogen-bond donors (Lipinski definition) is 5. The van der Waals surface area contributed by atoms with E-state index in [2.05, 4.69) is 16.0 Å². The van der Waals surface area contributed by atoms with E-state index in [4.69, 9.17) is 38.8 Å². The Labute approximate surface area is 187 Å². The second kappa shape index (κ2) is 9.59. The lowest BCUT2D eigenvalue weighted by Gasteiger charge is -2.28. The summed E-state index contributed by atoms with van der Waals surface area (Å²) in [6.45, 7) is 0.267. The molecule has 162 valence electrons. The third-order valence-corrected chi connectivity index (χ3v) is 4.85. The Balaban J connectivity index is 1.80. The van der Waals surface area contributed by atoms with E-state index in [1.807, 2.05) is 0 Å². The van der Waals surface area contributed by atoms with E-state index in [0.717, 1.165) is 5.56 Å². The Morgan fingerprint density at radius 1 is 1.23 bits per heavy atom. The van der Waals surface area contributed by atoms with Crippen LogP contribution in [-0.2, 0) is 16.1 Å². The van der Waals surface area contributed by atoms with Crippen molar-refractivity contribution >= 4 is 58.2 Å². The van der Waals surface area contributed by atoms with Gasteiger partial charge in [0.25, 0.3) is 0 Å². The van der Waals surface area contributed by atoms with Gasteiger partial charge >= 0.3 is 12.2 Å². The zero-order chi connectivity index (χ0) is 22.5. The van der Waals surface area contributed by atoms with Gasteiger partial charge in [-0.25, -0.2) is 9.59 Å². The Morgan fingerprint density at radius 2 is 1.94 bits per heavy atom. The van der Waals surface area contributed by atoms with E-state index in [1.54, 1.807) is 30.3 Å². The summed E-state index contributed by atoms with van der Waals surface area (Å²) in [5.74, 6) is -0.439. The molecule has 0 radical (unpaired) electrons. The van der Waals surface area contributed by atoms with Crippen LogP contribution < -0.4 is 21.7 Å². The van der Waals surface area contributed by atoms with Crippen LogP contribution >= 0.6 is 23.2 Å². The van der Waals surface area contributed by atoms with Crippen molar-refractivity contribution in [3.63, 3.8) is 0 Å². The van der Waals surface area contributed by atoms with Crippen molar-refractivity contribution < 1.29 is 24.2 Å². The molecule has 1 aliphatic heterocycles. The molecular weight excluding hydrogens is 447 g/mol. The number of fused-ring (bicyclic) bond motifs is 1. The smallest absolute Gasteiger partial charge is 0.450 e. The maximum absolute atomic E-state index is 12.6. The molecule has 3 rings (SSSR count). The van der Waals surface area contributed by atoms with E-state index in [-0.39, 0.29) is 13.0 Å². The van der Waals surface area contributed by atoms with Gasteiger partial charge in [-0.15, -0.1) is 0 Å². The van der Waals surface area contributed by atoms with Gasteiger partial charge in [0.15, 0.2) is 6.23 Å². The highest BCUT2D eigenvalue weighted by molar-refractivity contribution is 6.36. The molecule has 1 aliphatic rings. The highest BCUT2D eigenvalue weighted by Gasteiger charge is 2.27. The lowest BCUT2D eigenvalue weighted by molar-refractivity contribution is -0.111. The molecule has 0 saturated heterocycles. The number of benzene rings is 2. The van der Waals surface area contributed by atoms with Crippen LogP contribution in [0.4, 0.5) is 21.0 Å². The Hall–Kier alpha value is -3.43. The van der Waals surface area contributed by atoms with Crippen LogP contribution in [0.2, 0.25) is 10.0 Å². The first-order valence-corrected chi connectivity index (χ1v) is 9.76. The van der Waals surface area contributed by atoms with E-state index in [9.17, 15) is 14.4 Å². The van der Waals surface area contributed by atoms with Crippen LogP contribution in [0.25, 0.3) is 5.57 Å². The summed E-state index contributed by atoms with van der Waals surface area (Å²) < 4.78 is 4.82. The molecule has 1 unspecified atom stereocenters. The van der Waals surface area contributed by atoms with Crippen molar-refractivity contribution in [2.45, 2.75) is 19.2 Å². The second-order valence-electron chi connectivity index (χ2n) is 6.60. The number of carboxylic acid groups (broad SMARTS) is 1. The fraction of sp³-hybridized carbons (Fsp3) is 0.150. The summed E-state index contributed by atoms with van der Waals surface area (Å²) in [4.78, 5) is 34.3. The third kappa shape index (κ3) is 6.03. The van der Waals surface area contributed by atoms with Crippen molar-refractivity contribution in [1.82, 2.24) is 5.32 Å². The predicted molar refractivity (Wildman–Crippen MR) is 117 cm³/mol. The number of nitrogens with one attached hydrogen (secondary N) is 3. The summed E-state index contributed by atoms with van der Waals surface area (Å²) in [7, 11) is 0. The Kier molecular flexibility index (Phi) is 6.88. The normalized spacial score (nSPS) is 16.1. The monoisotopic (exact) mass is 464 g/mol. The number of anilines is 2. The number of hydrogen-bond acceptors (Lipinski definition) is 5. The molecule has 2 aromatic rings. The molecule has 0 bridgehead atoms. The average molecular weight is 465 g/mol. The van der Waals surface area contributed by atoms with Gasteiger partial charge < -0.3 is 31.5 Å². The third-order valence-electron chi connectivity index (χ3n) is 4.33. The first-order chi connectivity index (χ1) is 14.7. The molecule has 1 heterocycles. The lowest BCUT2D eigenvalue weighted by Crippen LogP contribution is -2.30. The number of nitrogens with two attached hydrogens (primary N) is 1. The molecule has 11 heteroatoms. The van der Waals surface area contributed by atoms with Gasteiger partial charge in [0.05, 0.1) is 5.02 Å². The number of carbonyl (C=O) groups excluding carboxylic acids is 2. The zero-order valence-corrected chi connectivity index (χ0v) is 17.5. The van der Waals surface area contributed by atoms with Crippen molar-refractivity contribution in [1.29, 1.82) is 0 Å². The molecule has 3 amide bonds. The van der Waals surface area contributed by atoms with Crippen molar-refractivity contribution in [3.8, 4) is 0 Å². The summed E-state index contributed by atoms with van der Waals surface area (Å²) in [6, 6.07) is 9.29. The minimum atomic E-state index is -1.45. The number of rotatable bonds is 5. The van der Waals surface area contributed by atoms with Crippen LogP contribution in [0.3, 0.4) is 0 Å². The first-order valence-electron chi connectivity index (χ1n) is 9.00. The van der Waals surface area contributed by atoms with Crippen molar-refractivity contribution in [2.75, 3.05) is 10.6 Å². The van der Waals surface area contributed by atoms with Crippen LogP contribution in [-0.4, -0.2) is 29.4 Å². The Morgan fingerprint density at radius 3 is 2.58 bits per heavy atom. The van der Waals surface area contributed by atoms with E-state index in [0.29, 0.717) is 32.6 Å². The van der Waals surface area contributed by atoms with E-state index >= 15 is 0 Å². The van der Waals surface area contributed by atoms with Crippen LogP contribution in [0.1, 0.15) is 17.5 Å². The predicted octanol–water partition coefficient (Wildman–Crippen LogP) is 4.02. The van der Waals surface area contributed by atoms with Gasteiger partial charge in [0.1, 0.15) is 0 Å². The maximum atomic E-state index is 12.6. The fourth-order valence-electron chi connectivity index (χ4n) is 3.10. The minimum absolute atomic E-state index is 0.0891. The van der Waals surface area contributed by atoms with Crippen LogP contribution in [0.15, 0.2) is 42.5 Å². The molecular formula is C20H18Cl2N4O5. The van der Waals surface area contributed by atoms with Crippen LogP contribution in [0.5, 0.6) is 0 Å². The number of urea groups is 1. The fourth-order valence-corrected chi connectivity index (χ4v) is 3.71. The van der Waals surface area contributed by atoms with Gasteiger partial charge in [-0.3, -0.25) is 4.79 Å². The van der Waals surface area contributed by atoms with Gasteiger partial charge in [-0.2, -0.15) is 0 Å². The summed E-state index contributed by atoms with van der Waals surface area (Å²) in [6.07, 6.45) is -0.939. The van der Waals surface area contributed by atoms with Crippen molar-refractivity contribution in [2.24, 2.45) is 5.73 Å². The molecule has 1 atom stereocenters. The number of halogens is 2. The number of carbonyl (C=O) groups is 3. The highest BCUT2D eigenvalue weighted by atomic mass is 35.5. The molecule has 0 fully saturated rings. The molecule has 31 heavy (non-hydrogen) atoms. The summed E-state index contributed by atoms with van der Waals surface area (Å²) in [5.41, 5.74) is 7.86. The number of ether oxygens (including phenoxy) is 1. The average Bonchev–Trinajstić information content (AvgIpc) is 2.66. The summed E-state index contributed by atoms with van der Waals surface area (Å²) >= 11 is 12.4. The quantitative estimate of drug-likeness (QED) is 0.334. The number of primary amides is 1. The maximum Gasteiger partial charge on any atom is 0.507 e. The molecule has 9 nitrogen and oxygen atoms in total. The van der Waals surface area contributed by atoms with Gasteiger partial charge in [-0.05, 0) is 35.4 Å². The highest BCUT2D eigenvalue weighted by Crippen LogP contribution is 2.40. The van der Waals surface area contributed by atoms with Crippen LogP contribution in [0, 0.1) is 0 Å². The zero-order valence-electron chi connectivity index (χ0n) is 15.9. The molecule has 0 spiro atoms. The van der Waals surface area contributed by atoms with Gasteiger partial charge in [0.2, 0.25) is 5.91 Å². The topological polar surface area (TPSA) is 143 Å². The molecule has 0 saturated carbocycles. The van der Waals surface area contributed by atoms with Gasteiger partial charge in [-0.1, -0.05) is 35.3 Å². The molecule has 6 N–H and O–H groups in total.